The number of anilines is 2. The molecule has 0 saturated carbocycles. The van der Waals surface area contributed by atoms with Gasteiger partial charge in [-0.1, -0.05) is 18.2 Å². The van der Waals surface area contributed by atoms with Gasteiger partial charge in [0.1, 0.15) is 0 Å². The predicted octanol–water partition coefficient (Wildman–Crippen LogP) is 3.45. The summed E-state index contributed by atoms with van der Waals surface area (Å²) in [6.07, 6.45) is 4.20. The summed E-state index contributed by atoms with van der Waals surface area (Å²) in [7, 11) is 0. The standard InChI is InChI=1S/C17H21N3O/c1-2-21-16-9-8-15(12-20-16)19-11-14-6-3-5-13-7-4-10-18-17(13)14/h3,5-6,8-9,12,18-19H,2,4,7,10-11H2,1H3. The summed E-state index contributed by atoms with van der Waals surface area (Å²) >= 11 is 0. The highest BCUT2D eigenvalue weighted by atomic mass is 16.5. The van der Waals surface area contributed by atoms with Crippen molar-refractivity contribution in [1.82, 2.24) is 4.98 Å². The number of nitrogens with zero attached hydrogens (tertiary/aromatic N) is 1. The van der Waals surface area contributed by atoms with Crippen LogP contribution in [0.2, 0.25) is 0 Å². The second-order valence-corrected chi connectivity index (χ2v) is 5.15. The number of nitrogens with one attached hydrogen (secondary N) is 2. The van der Waals surface area contributed by atoms with Gasteiger partial charge in [0.25, 0.3) is 0 Å². The highest BCUT2D eigenvalue weighted by molar-refractivity contribution is 5.60. The van der Waals surface area contributed by atoms with E-state index in [9.17, 15) is 0 Å². The van der Waals surface area contributed by atoms with Crippen molar-refractivity contribution < 1.29 is 4.74 Å². The quantitative estimate of drug-likeness (QED) is 0.882. The van der Waals surface area contributed by atoms with E-state index < -0.39 is 0 Å². The first-order chi connectivity index (χ1) is 10.4. The number of benzene rings is 1. The molecule has 0 saturated heterocycles. The van der Waals surface area contributed by atoms with Crippen LogP contribution in [0.25, 0.3) is 0 Å². The highest BCUT2D eigenvalue weighted by Gasteiger charge is 2.11. The van der Waals surface area contributed by atoms with Gasteiger partial charge >= 0.3 is 0 Å². The topological polar surface area (TPSA) is 46.2 Å². The maximum atomic E-state index is 5.35. The number of aryl methyl sites for hydroxylation is 1. The number of ether oxygens (including phenoxy) is 1. The maximum Gasteiger partial charge on any atom is 0.213 e. The second-order valence-electron chi connectivity index (χ2n) is 5.15. The Morgan fingerprint density at radius 2 is 2.24 bits per heavy atom. The molecule has 1 aromatic carbocycles. The van der Waals surface area contributed by atoms with Crippen LogP contribution in [-0.2, 0) is 13.0 Å². The Balaban J connectivity index is 1.67. The molecule has 2 N–H and O–H groups in total. The van der Waals surface area contributed by atoms with Gasteiger partial charge in [-0.25, -0.2) is 4.98 Å². The molecule has 0 bridgehead atoms. The van der Waals surface area contributed by atoms with Crippen molar-refractivity contribution in [2.45, 2.75) is 26.3 Å². The molecule has 4 nitrogen and oxygen atoms in total. The maximum absolute atomic E-state index is 5.35. The van der Waals surface area contributed by atoms with Gasteiger partial charge in [0.15, 0.2) is 0 Å². The van der Waals surface area contributed by atoms with E-state index in [1.54, 1.807) is 0 Å². The van der Waals surface area contributed by atoms with Gasteiger partial charge < -0.3 is 15.4 Å². The van der Waals surface area contributed by atoms with Crippen LogP contribution in [0.4, 0.5) is 11.4 Å². The normalized spacial score (nSPS) is 13.2. The first-order valence-electron chi connectivity index (χ1n) is 7.54. The second kappa shape index (κ2) is 6.48. The zero-order valence-corrected chi connectivity index (χ0v) is 12.4. The molecule has 4 heteroatoms. The highest BCUT2D eigenvalue weighted by Crippen LogP contribution is 2.26. The Morgan fingerprint density at radius 1 is 1.29 bits per heavy atom. The largest absolute Gasteiger partial charge is 0.478 e. The average Bonchev–Trinajstić information content (AvgIpc) is 2.54. The Bertz CT molecular complexity index is 595. The third kappa shape index (κ3) is 3.27. The third-order valence-corrected chi connectivity index (χ3v) is 3.67. The summed E-state index contributed by atoms with van der Waals surface area (Å²) in [5, 5.41) is 6.94. The summed E-state index contributed by atoms with van der Waals surface area (Å²) in [4.78, 5) is 4.27. The lowest BCUT2D eigenvalue weighted by Gasteiger charge is -2.21. The average molecular weight is 283 g/mol. The lowest BCUT2D eigenvalue weighted by Crippen LogP contribution is -2.15. The summed E-state index contributed by atoms with van der Waals surface area (Å²) in [6, 6.07) is 10.4. The first-order valence-corrected chi connectivity index (χ1v) is 7.54. The molecule has 1 aliphatic heterocycles. The summed E-state index contributed by atoms with van der Waals surface area (Å²) in [6.45, 7) is 4.46. The molecule has 1 aliphatic rings. The fourth-order valence-electron chi connectivity index (χ4n) is 2.64. The SMILES string of the molecule is CCOc1ccc(NCc2cccc3c2NCCC3)cn1. The molecule has 0 aliphatic carbocycles. The van der Waals surface area contributed by atoms with Gasteiger partial charge in [-0.3, -0.25) is 0 Å². The van der Waals surface area contributed by atoms with Gasteiger partial charge in [-0.05, 0) is 37.0 Å². The van der Waals surface area contributed by atoms with Crippen LogP contribution in [0.15, 0.2) is 36.5 Å². The van der Waals surface area contributed by atoms with Gasteiger partial charge in [0, 0.05) is 24.8 Å². The van der Waals surface area contributed by atoms with Crippen LogP contribution in [0, 0.1) is 0 Å². The molecule has 2 heterocycles. The van der Waals surface area contributed by atoms with E-state index in [1.165, 1.54) is 29.7 Å². The monoisotopic (exact) mass is 283 g/mol. The molecule has 0 radical (unpaired) electrons. The zero-order valence-electron chi connectivity index (χ0n) is 12.4. The molecule has 110 valence electrons. The Labute approximate surface area is 125 Å². The van der Waals surface area contributed by atoms with E-state index in [1.807, 2.05) is 25.3 Å². The fraction of sp³-hybridized carbons (Fsp3) is 0.353. The number of para-hydroxylation sites is 1. The molecule has 1 aromatic heterocycles. The number of aromatic nitrogens is 1. The van der Waals surface area contributed by atoms with Gasteiger partial charge in [0.05, 0.1) is 18.5 Å². The lowest BCUT2D eigenvalue weighted by atomic mass is 9.99. The van der Waals surface area contributed by atoms with E-state index in [4.69, 9.17) is 4.74 Å². The minimum atomic E-state index is 0.640. The Hall–Kier alpha value is -2.23. The molecule has 0 atom stereocenters. The van der Waals surface area contributed by atoms with Crippen molar-refractivity contribution in [3.8, 4) is 5.88 Å². The number of hydrogen-bond donors (Lipinski definition) is 2. The molecule has 0 unspecified atom stereocenters. The molecule has 0 fully saturated rings. The van der Waals surface area contributed by atoms with Crippen molar-refractivity contribution in [2.24, 2.45) is 0 Å². The number of pyridine rings is 1. The smallest absolute Gasteiger partial charge is 0.213 e. The lowest BCUT2D eigenvalue weighted by molar-refractivity contribution is 0.327. The molecule has 3 rings (SSSR count). The summed E-state index contributed by atoms with van der Waals surface area (Å²) in [5.41, 5.74) is 5.04. The van der Waals surface area contributed by atoms with Crippen molar-refractivity contribution in [3.05, 3.63) is 47.7 Å². The van der Waals surface area contributed by atoms with E-state index >= 15 is 0 Å². The zero-order chi connectivity index (χ0) is 14.5. The van der Waals surface area contributed by atoms with Crippen LogP contribution in [-0.4, -0.2) is 18.1 Å². The van der Waals surface area contributed by atoms with Gasteiger partial charge in [0.2, 0.25) is 5.88 Å². The first kappa shape index (κ1) is 13.7. The van der Waals surface area contributed by atoms with E-state index in [0.29, 0.717) is 12.5 Å². The number of fused-ring (bicyclic) bond motifs is 1. The summed E-state index contributed by atoms with van der Waals surface area (Å²) < 4.78 is 5.35. The van der Waals surface area contributed by atoms with Crippen LogP contribution in [0.1, 0.15) is 24.5 Å². The Kier molecular flexibility index (Phi) is 4.24. The van der Waals surface area contributed by atoms with Gasteiger partial charge in [-0.15, -0.1) is 0 Å². The number of hydrogen-bond acceptors (Lipinski definition) is 4. The van der Waals surface area contributed by atoms with Crippen molar-refractivity contribution in [3.63, 3.8) is 0 Å². The molecule has 2 aromatic rings. The molecule has 0 spiro atoms. The van der Waals surface area contributed by atoms with Crippen LogP contribution >= 0.6 is 0 Å². The molecule has 0 amide bonds. The van der Waals surface area contributed by atoms with Crippen molar-refractivity contribution in [1.29, 1.82) is 0 Å². The van der Waals surface area contributed by atoms with Crippen molar-refractivity contribution >= 4 is 11.4 Å². The minimum Gasteiger partial charge on any atom is -0.478 e. The van der Waals surface area contributed by atoms with E-state index in [2.05, 4.69) is 33.8 Å². The predicted molar refractivity (Wildman–Crippen MR) is 86.0 cm³/mol. The van der Waals surface area contributed by atoms with Crippen LogP contribution in [0.5, 0.6) is 5.88 Å². The Morgan fingerprint density at radius 3 is 3.05 bits per heavy atom. The third-order valence-electron chi connectivity index (χ3n) is 3.67. The van der Waals surface area contributed by atoms with E-state index in [-0.39, 0.29) is 0 Å². The number of rotatable bonds is 5. The van der Waals surface area contributed by atoms with Crippen LogP contribution in [0.3, 0.4) is 0 Å². The fourth-order valence-corrected chi connectivity index (χ4v) is 2.64. The molecular weight excluding hydrogens is 262 g/mol. The van der Waals surface area contributed by atoms with Crippen LogP contribution < -0.4 is 15.4 Å². The molecular formula is C17H21N3O. The van der Waals surface area contributed by atoms with Gasteiger partial charge in [-0.2, -0.15) is 0 Å². The van der Waals surface area contributed by atoms with E-state index in [0.717, 1.165) is 18.8 Å². The minimum absolute atomic E-state index is 0.640. The molecule has 21 heavy (non-hydrogen) atoms. The van der Waals surface area contributed by atoms with Crippen molar-refractivity contribution in [2.75, 3.05) is 23.8 Å². The summed E-state index contributed by atoms with van der Waals surface area (Å²) in [5.74, 6) is 0.668.